The smallest absolute Gasteiger partial charge is 0.387 e. The average molecular weight is 409 g/mol. The van der Waals surface area contributed by atoms with Crippen molar-refractivity contribution in [2.45, 2.75) is 20.1 Å². The molecular weight excluding hydrogens is 396 g/mol. The third kappa shape index (κ3) is 4.28. The van der Waals surface area contributed by atoms with Crippen LogP contribution in [0.3, 0.4) is 0 Å². The molecule has 1 aromatic carbocycles. The Morgan fingerprint density at radius 3 is 2.71 bits per heavy atom. The lowest BCUT2D eigenvalue weighted by Gasteiger charge is -2.04. The number of rotatable bonds is 7. The second-order valence-corrected chi connectivity index (χ2v) is 6.23. The number of nitrogens with one attached hydrogen (secondary N) is 1. The minimum atomic E-state index is -2.91. The van der Waals surface area contributed by atoms with Gasteiger partial charge in [0.1, 0.15) is 11.9 Å². The molecule has 1 N–H and O–H groups in total. The molecule has 2 heterocycles. The van der Waals surface area contributed by atoms with Crippen LogP contribution in [0.2, 0.25) is 0 Å². The van der Waals surface area contributed by atoms with E-state index >= 15 is 0 Å². The largest absolute Gasteiger partial charge is 0.435 e. The number of nitrogens with zero attached hydrogens (tertiary/aromatic N) is 4. The number of carbonyl (C=O) groups is 1. The number of benzene rings is 1. The second kappa shape index (κ2) is 8.08. The number of anilines is 1. The number of ether oxygens (including phenoxy) is 1. The fourth-order valence-electron chi connectivity index (χ4n) is 2.30. The topological polar surface area (TPSA) is 112 Å². The Morgan fingerprint density at radius 1 is 1.39 bits per heavy atom. The summed E-state index contributed by atoms with van der Waals surface area (Å²) in [6.45, 7) is -0.795. The van der Waals surface area contributed by atoms with Crippen LogP contribution in [0.15, 0.2) is 35.8 Å². The number of nitro groups is 1. The predicted molar refractivity (Wildman–Crippen MR) is 96.7 cm³/mol. The van der Waals surface area contributed by atoms with Crippen LogP contribution in [-0.4, -0.2) is 32.2 Å². The van der Waals surface area contributed by atoms with Crippen molar-refractivity contribution < 1.29 is 23.2 Å². The summed E-state index contributed by atoms with van der Waals surface area (Å²) >= 11 is 1.11. The summed E-state index contributed by atoms with van der Waals surface area (Å²) in [5.74, 6) is -0.734. The number of thiazole rings is 1. The van der Waals surface area contributed by atoms with Gasteiger partial charge >= 0.3 is 12.3 Å². The molecule has 28 heavy (non-hydrogen) atoms. The lowest BCUT2D eigenvalue weighted by molar-refractivity contribution is -0.385. The van der Waals surface area contributed by atoms with Crippen LogP contribution >= 0.6 is 11.3 Å². The van der Waals surface area contributed by atoms with E-state index in [1.165, 1.54) is 23.0 Å². The molecular formula is C16H13F2N5O4S. The molecule has 0 saturated carbocycles. The Balaban J connectivity index is 1.75. The summed E-state index contributed by atoms with van der Waals surface area (Å²) in [5.41, 5.74) is 0.417. The lowest BCUT2D eigenvalue weighted by atomic mass is 10.2. The number of hydrogen-bond acceptors (Lipinski definition) is 7. The maximum atomic E-state index is 12.3. The molecule has 0 unspecified atom stereocenters. The summed E-state index contributed by atoms with van der Waals surface area (Å²) < 4.78 is 30.0. The van der Waals surface area contributed by atoms with Crippen molar-refractivity contribution in [3.8, 4) is 17.0 Å². The number of amides is 1. The van der Waals surface area contributed by atoms with Crippen LogP contribution in [0.25, 0.3) is 11.3 Å². The van der Waals surface area contributed by atoms with Gasteiger partial charge in [-0.3, -0.25) is 24.9 Å². The van der Waals surface area contributed by atoms with E-state index in [0.29, 0.717) is 17.8 Å². The van der Waals surface area contributed by atoms with E-state index in [9.17, 15) is 23.7 Å². The number of aromatic nitrogens is 3. The van der Waals surface area contributed by atoms with Gasteiger partial charge in [0, 0.05) is 17.5 Å². The van der Waals surface area contributed by atoms with Crippen LogP contribution in [0.1, 0.15) is 17.4 Å². The minimum Gasteiger partial charge on any atom is -0.435 e. The fourth-order valence-corrected chi connectivity index (χ4v) is 3.01. The molecule has 0 aliphatic heterocycles. The molecule has 0 aliphatic carbocycles. The standard InChI is InChI=1S/C16H13F2N5O4S/c1-2-22-7-12(23(25)26)13(21-22)14(24)20-16-19-11(8-28-16)9-3-5-10(6-4-9)27-15(17)18/h3-8,15H,2H2,1H3,(H,19,20,24). The van der Waals surface area contributed by atoms with Crippen LogP contribution in [0.4, 0.5) is 19.6 Å². The van der Waals surface area contributed by atoms with Crippen molar-refractivity contribution >= 4 is 28.1 Å². The van der Waals surface area contributed by atoms with Gasteiger partial charge in [-0.1, -0.05) is 0 Å². The molecule has 0 atom stereocenters. The van der Waals surface area contributed by atoms with E-state index in [4.69, 9.17) is 0 Å². The molecule has 0 bridgehead atoms. The number of alkyl halides is 2. The van der Waals surface area contributed by atoms with Gasteiger partial charge in [-0.05, 0) is 31.2 Å². The first-order valence-corrected chi connectivity index (χ1v) is 8.79. The first-order chi connectivity index (χ1) is 13.4. The molecule has 146 valence electrons. The van der Waals surface area contributed by atoms with E-state index in [0.717, 1.165) is 11.3 Å². The lowest BCUT2D eigenvalue weighted by Crippen LogP contribution is -2.14. The Hall–Kier alpha value is -3.41. The van der Waals surface area contributed by atoms with Crippen LogP contribution in [0, 0.1) is 10.1 Å². The van der Waals surface area contributed by atoms with E-state index in [1.807, 2.05) is 0 Å². The molecule has 12 heteroatoms. The Labute approximate surface area is 160 Å². The maximum absolute atomic E-state index is 12.3. The third-order valence-electron chi connectivity index (χ3n) is 3.58. The molecule has 0 radical (unpaired) electrons. The summed E-state index contributed by atoms with van der Waals surface area (Å²) in [7, 11) is 0. The Bertz CT molecular complexity index is 1000. The van der Waals surface area contributed by atoms with Gasteiger partial charge in [0.25, 0.3) is 5.91 Å². The zero-order chi connectivity index (χ0) is 20.3. The highest BCUT2D eigenvalue weighted by atomic mass is 32.1. The zero-order valence-corrected chi connectivity index (χ0v) is 15.2. The number of halogens is 2. The third-order valence-corrected chi connectivity index (χ3v) is 4.34. The van der Waals surface area contributed by atoms with Crippen molar-refractivity contribution in [1.82, 2.24) is 14.8 Å². The highest BCUT2D eigenvalue weighted by Crippen LogP contribution is 2.27. The molecule has 0 fully saturated rings. The first kappa shape index (κ1) is 19.4. The van der Waals surface area contributed by atoms with Crippen molar-refractivity contribution in [2.24, 2.45) is 0 Å². The summed E-state index contributed by atoms with van der Waals surface area (Å²) in [5, 5.41) is 19.4. The molecule has 3 aromatic rings. The normalized spacial score (nSPS) is 10.9. The molecule has 1 amide bonds. The quantitative estimate of drug-likeness (QED) is 0.469. The monoisotopic (exact) mass is 409 g/mol. The molecule has 9 nitrogen and oxygen atoms in total. The zero-order valence-electron chi connectivity index (χ0n) is 14.3. The molecule has 2 aromatic heterocycles. The van der Waals surface area contributed by atoms with Gasteiger partial charge in [-0.15, -0.1) is 11.3 Å². The van der Waals surface area contributed by atoms with Crippen molar-refractivity contribution in [1.29, 1.82) is 0 Å². The Kier molecular flexibility index (Phi) is 5.59. The Morgan fingerprint density at radius 2 is 2.11 bits per heavy atom. The van der Waals surface area contributed by atoms with Gasteiger partial charge in [-0.25, -0.2) is 4.98 Å². The van der Waals surface area contributed by atoms with E-state index in [-0.39, 0.29) is 16.6 Å². The van der Waals surface area contributed by atoms with Gasteiger partial charge in [0.2, 0.25) is 5.69 Å². The van der Waals surface area contributed by atoms with Crippen LogP contribution in [-0.2, 0) is 6.54 Å². The van der Waals surface area contributed by atoms with Gasteiger partial charge in [0.15, 0.2) is 5.13 Å². The van der Waals surface area contributed by atoms with Crippen molar-refractivity contribution in [3.63, 3.8) is 0 Å². The molecule has 0 saturated heterocycles. The maximum Gasteiger partial charge on any atom is 0.387 e. The number of hydrogen-bond donors (Lipinski definition) is 1. The van der Waals surface area contributed by atoms with E-state index in [1.54, 1.807) is 24.4 Å². The molecule has 0 aliphatic rings. The fraction of sp³-hybridized carbons (Fsp3) is 0.188. The molecule has 0 spiro atoms. The van der Waals surface area contributed by atoms with Crippen LogP contribution < -0.4 is 10.1 Å². The first-order valence-electron chi connectivity index (χ1n) is 7.91. The number of carbonyl (C=O) groups excluding carboxylic acids is 1. The van der Waals surface area contributed by atoms with Gasteiger partial charge < -0.3 is 4.74 Å². The van der Waals surface area contributed by atoms with Gasteiger partial charge in [0.05, 0.1) is 10.6 Å². The summed E-state index contributed by atoms with van der Waals surface area (Å²) in [6.07, 6.45) is 1.19. The SMILES string of the molecule is CCn1cc([N+](=O)[O-])c(C(=O)Nc2nc(-c3ccc(OC(F)F)cc3)cs2)n1. The second-order valence-electron chi connectivity index (χ2n) is 5.37. The van der Waals surface area contributed by atoms with Crippen molar-refractivity contribution in [3.05, 3.63) is 51.7 Å². The highest BCUT2D eigenvalue weighted by Gasteiger charge is 2.26. The minimum absolute atomic E-state index is 0.0151. The number of aryl methyl sites for hydroxylation is 1. The summed E-state index contributed by atoms with van der Waals surface area (Å²) in [6, 6.07) is 5.85. The van der Waals surface area contributed by atoms with E-state index in [2.05, 4.69) is 20.1 Å². The van der Waals surface area contributed by atoms with E-state index < -0.39 is 23.1 Å². The predicted octanol–water partition coefficient (Wildman–Crippen LogP) is 3.79. The highest BCUT2D eigenvalue weighted by molar-refractivity contribution is 7.14. The molecule has 3 rings (SSSR count). The summed E-state index contributed by atoms with van der Waals surface area (Å²) in [4.78, 5) is 27.0. The van der Waals surface area contributed by atoms with Crippen LogP contribution in [0.5, 0.6) is 5.75 Å². The van der Waals surface area contributed by atoms with Crippen molar-refractivity contribution in [2.75, 3.05) is 5.32 Å². The average Bonchev–Trinajstić information content (AvgIpc) is 3.29. The van der Waals surface area contributed by atoms with Gasteiger partial charge in [-0.2, -0.15) is 13.9 Å².